The summed E-state index contributed by atoms with van der Waals surface area (Å²) in [6.07, 6.45) is 1.52. The SMILES string of the molecule is Cc1ccccc1C1NC(=O)c2cccc(NC(=O)c3[nH]ncc3Br)c21. The molecule has 0 aliphatic carbocycles. The first-order valence-electron chi connectivity index (χ1n) is 8.06. The Balaban J connectivity index is 1.77. The number of amides is 2. The molecular weight excluding hydrogens is 396 g/mol. The molecule has 0 fully saturated rings. The molecule has 130 valence electrons. The van der Waals surface area contributed by atoms with Crippen molar-refractivity contribution in [3.05, 3.63) is 81.1 Å². The molecule has 3 aromatic rings. The lowest BCUT2D eigenvalue weighted by Gasteiger charge is -2.18. The molecule has 0 saturated heterocycles. The fraction of sp³-hybridized carbons (Fsp3) is 0.105. The maximum absolute atomic E-state index is 12.6. The van der Waals surface area contributed by atoms with Crippen molar-refractivity contribution < 1.29 is 9.59 Å². The zero-order valence-electron chi connectivity index (χ0n) is 13.8. The minimum atomic E-state index is -0.328. The maximum atomic E-state index is 12.6. The van der Waals surface area contributed by atoms with E-state index in [9.17, 15) is 9.59 Å². The predicted molar refractivity (Wildman–Crippen MR) is 101 cm³/mol. The summed E-state index contributed by atoms with van der Waals surface area (Å²) in [5, 5.41) is 12.4. The van der Waals surface area contributed by atoms with Crippen molar-refractivity contribution in [2.24, 2.45) is 0 Å². The second kappa shape index (κ2) is 6.42. The van der Waals surface area contributed by atoms with Gasteiger partial charge in [0.25, 0.3) is 11.8 Å². The van der Waals surface area contributed by atoms with Crippen LogP contribution in [0.4, 0.5) is 5.69 Å². The number of nitrogens with one attached hydrogen (secondary N) is 3. The molecule has 1 aromatic heterocycles. The highest BCUT2D eigenvalue weighted by atomic mass is 79.9. The molecule has 6 nitrogen and oxygen atoms in total. The second-order valence-electron chi connectivity index (χ2n) is 6.08. The van der Waals surface area contributed by atoms with Crippen molar-refractivity contribution in [3.63, 3.8) is 0 Å². The quantitative estimate of drug-likeness (QED) is 0.616. The van der Waals surface area contributed by atoms with Crippen molar-refractivity contribution in [1.82, 2.24) is 15.5 Å². The lowest BCUT2D eigenvalue weighted by atomic mass is 9.93. The number of aryl methyl sites for hydroxylation is 1. The molecule has 0 radical (unpaired) electrons. The Hall–Kier alpha value is -2.93. The first-order chi connectivity index (χ1) is 12.6. The number of aromatic amines is 1. The van der Waals surface area contributed by atoms with Gasteiger partial charge in [0.05, 0.1) is 16.7 Å². The van der Waals surface area contributed by atoms with Crippen molar-refractivity contribution in [1.29, 1.82) is 0 Å². The Morgan fingerprint density at radius 2 is 2.00 bits per heavy atom. The summed E-state index contributed by atoms with van der Waals surface area (Å²) >= 11 is 3.29. The monoisotopic (exact) mass is 410 g/mol. The van der Waals surface area contributed by atoms with E-state index in [1.54, 1.807) is 18.2 Å². The van der Waals surface area contributed by atoms with Gasteiger partial charge in [-0.15, -0.1) is 0 Å². The molecule has 2 aromatic carbocycles. The number of aromatic nitrogens is 2. The van der Waals surface area contributed by atoms with Crippen molar-refractivity contribution in [3.8, 4) is 0 Å². The molecule has 26 heavy (non-hydrogen) atoms. The summed E-state index contributed by atoms with van der Waals surface area (Å²) in [5.41, 5.74) is 4.34. The fourth-order valence-corrected chi connectivity index (χ4v) is 3.59. The third-order valence-electron chi connectivity index (χ3n) is 4.48. The number of carbonyl (C=O) groups excluding carboxylic acids is 2. The first kappa shape index (κ1) is 16.5. The van der Waals surface area contributed by atoms with E-state index in [0.717, 1.165) is 16.7 Å². The van der Waals surface area contributed by atoms with Gasteiger partial charge in [-0.1, -0.05) is 30.3 Å². The van der Waals surface area contributed by atoms with Crippen LogP contribution in [0.1, 0.15) is 43.6 Å². The Kier molecular flexibility index (Phi) is 4.08. The number of halogens is 1. The van der Waals surface area contributed by atoms with Gasteiger partial charge in [-0.2, -0.15) is 5.10 Å². The number of nitrogens with zero attached hydrogens (tertiary/aromatic N) is 1. The van der Waals surface area contributed by atoms with Crippen LogP contribution in [0.2, 0.25) is 0 Å². The molecule has 0 saturated carbocycles. The lowest BCUT2D eigenvalue weighted by Crippen LogP contribution is -2.21. The van der Waals surface area contributed by atoms with Crippen LogP contribution in [0.15, 0.2) is 53.1 Å². The van der Waals surface area contributed by atoms with Gasteiger partial charge in [0.15, 0.2) is 0 Å². The molecule has 2 amide bonds. The maximum Gasteiger partial charge on any atom is 0.274 e. The molecule has 3 N–H and O–H groups in total. The summed E-state index contributed by atoms with van der Waals surface area (Å²) < 4.78 is 0.576. The normalized spacial score (nSPS) is 15.5. The van der Waals surface area contributed by atoms with Crippen LogP contribution < -0.4 is 10.6 Å². The summed E-state index contributed by atoms with van der Waals surface area (Å²) in [4.78, 5) is 25.0. The average Bonchev–Trinajstić information content (AvgIpc) is 3.20. The number of carbonyl (C=O) groups is 2. The topological polar surface area (TPSA) is 86.9 Å². The van der Waals surface area contributed by atoms with Gasteiger partial charge in [0.2, 0.25) is 0 Å². The molecule has 1 aliphatic heterocycles. The van der Waals surface area contributed by atoms with Gasteiger partial charge in [0, 0.05) is 16.8 Å². The second-order valence-corrected chi connectivity index (χ2v) is 6.93. The Morgan fingerprint density at radius 3 is 2.73 bits per heavy atom. The van der Waals surface area contributed by atoms with Crippen molar-refractivity contribution in [2.45, 2.75) is 13.0 Å². The molecule has 0 bridgehead atoms. The number of hydrogen-bond donors (Lipinski definition) is 3. The number of rotatable bonds is 3. The minimum Gasteiger partial charge on any atom is -0.341 e. The van der Waals surface area contributed by atoms with Crippen LogP contribution in [0, 0.1) is 6.92 Å². The molecule has 1 unspecified atom stereocenters. The number of benzene rings is 2. The van der Waals surface area contributed by atoms with Crippen LogP contribution in [0.5, 0.6) is 0 Å². The van der Waals surface area contributed by atoms with Crippen LogP contribution in [-0.2, 0) is 0 Å². The van der Waals surface area contributed by atoms with Crippen LogP contribution in [-0.4, -0.2) is 22.0 Å². The predicted octanol–water partition coefficient (Wildman–Crippen LogP) is 3.57. The van der Waals surface area contributed by atoms with E-state index >= 15 is 0 Å². The summed E-state index contributed by atoms with van der Waals surface area (Å²) in [5.74, 6) is -0.474. The molecule has 0 spiro atoms. The molecule has 1 atom stereocenters. The average molecular weight is 411 g/mol. The van der Waals surface area contributed by atoms with Gasteiger partial charge in [-0.3, -0.25) is 14.7 Å². The van der Waals surface area contributed by atoms with Gasteiger partial charge < -0.3 is 10.6 Å². The fourth-order valence-electron chi connectivity index (χ4n) is 3.22. The van der Waals surface area contributed by atoms with E-state index in [1.165, 1.54) is 6.20 Å². The standard InChI is InChI=1S/C19H15BrN4O2/c1-10-5-2-3-6-11(10)16-15-12(18(25)23-16)7-4-8-14(15)22-19(26)17-13(20)9-21-24-17/h2-9,16H,1H3,(H,21,24)(H,22,26)(H,23,25). The van der Waals surface area contributed by atoms with E-state index in [-0.39, 0.29) is 17.9 Å². The van der Waals surface area contributed by atoms with Crippen LogP contribution in [0.3, 0.4) is 0 Å². The van der Waals surface area contributed by atoms with Crippen molar-refractivity contribution in [2.75, 3.05) is 5.32 Å². The molecule has 1 aliphatic rings. The largest absolute Gasteiger partial charge is 0.341 e. The van der Waals surface area contributed by atoms with E-state index in [1.807, 2.05) is 31.2 Å². The van der Waals surface area contributed by atoms with E-state index in [4.69, 9.17) is 0 Å². The zero-order chi connectivity index (χ0) is 18.3. The number of fused-ring (bicyclic) bond motifs is 1. The Labute approximate surface area is 158 Å². The van der Waals surface area contributed by atoms with Gasteiger partial charge in [0.1, 0.15) is 5.69 Å². The Morgan fingerprint density at radius 1 is 1.19 bits per heavy atom. The highest BCUT2D eigenvalue weighted by Gasteiger charge is 2.33. The summed E-state index contributed by atoms with van der Waals surface area (Å²) in [7, 11) is 0. The van der Waals surface area contributed by atoms with Crippen molar-refractivity contribution >= 4 is 33.4 Å². The van der Waals surface area contributed by atoms with Gasteiger partial charge >= 0.3 is 0 Å². The number of hydrogen-bond acceptors (Lipinski definition) is 3. The zero-order valence-corrected chi connectivity index (χ0v) is 15.4. The smallest absolute Gasteiger partial charge is 0.274 e. The Bertz CT molecular complexity index is 1030. The van der Waals surface area contributed by atoms with E-state index in [2.05, 4.69) is 36.8 Å². The highest BCUT2D eigenvalue weighted by molar-refractivity contribution is 9.10. The highest BCUT2D eigenvalue weighted by Crippen LogP contribution is 2.37. The van der Waals surface area contributed by atoms with Gasteiger partial charge in [-0.05, 0) is 46.1 Å². The minimum absolute atomic E-state index is 0.146. The van der Waals surface area contributed by atoms with Crippen LogP contribution in [0.25, 0.3) is 0 Å². The van der Waals surface area contributed by atoms with E-state index in [0.29, 0.717) is 21.4 Å². The molecular formula is C19H15BrN4O2. The molecule has 2 heterocycles. The third-order valence-corrected chi connectivity index (χ3v) is 5.08. The number of anilines is 1. The third kappa shape index (κ3) is 2.70. The molecule has 4 rings (SSSR count). The van der Waals surface area contributed by atoms with Gasteiger partial charge in [-0.25, -0.2) is 0 Å². The number of H-pyrrole nitrogens is 1. The summed E-state index contributed by atoms with van der Waals surface area (Å²) in [6, 6.07) is 12.9. The lowest BCUT2D eigenvalue weighted by molar-refractivity contribution is 0.0959. The molecule has 7 heteroatoms. The first-order valence-corrected chi connectivity index (χ1v) is 8.85. The van der Waals surface area contributed by atoms with Crippen LogP contribution >= 0.6 is 15.9 Å². The van der Waals surface area contributed by atoms with E-state index < -0.39 is 0 Å². The summed E-state index contributed by atoms with van der Waals surface area (Å²) in [6.45, 7) is 2.00.